The molecule has 0 spiro atoms. The van der Waals surface area contributed by atoms with Crippen molar-refractivity contribution >= 4 is 21.6 Å². The van der Waals surface area contributed by atoms with Crippen LogP contribution in [0.2, 0.25) is 0 Å². The summed E-state index contributed by atoms with van der Waals surface area (Å²) in [5, 5.41) is 13.0. The van der Waals surface area contributed by atoms with Gasteiger partial charge in [-0.1, -0.05) is 48.7 Å². The second kappa shape index (κ2) is 8.16. The number of rotatable bonds is 7. The van der Waals surface area contributed by atoms with Gasteiger partial charge in [0.1, 0.15) is 0 Å². The van der Waals surface area contributed by atoms with E-state index in [9.17, 15) is 5.11 Å². The quantitative estimate of drug-likeness (QED) is 0.783. The first kappa shape index (κ1) is 16.8. The molecular formula is C17H27BrN2O. The first-order chi connectivity index (χ1) is 10.1. The maximum absolute atomic E-state index is 9.47. The van der Waals surface area contributed by atoms with E-state index >= 15 is 0 Å². The number of nitrogens with one attached hydrogen (secondary N) is 1. The highest BCUT2D eigenvalue weighted by Gasteiger charge is 2.24. The molecule has 1 fully saturated rings. The lowest BCUT2D eigenvalue weighted by molar-refractivity contribution is 0.297. The summed E-state index contributed by atoms with van der Waals surface area (Å²) >= 11 is 3.59. The molecule has 2 rings (SSSR count). The Labute approximate surface area is 136 Å². The van der Waals surface area contributed by atoms with Gasteiger partial charge in [-0.2, -0.15) is 0 Å². The molecule has 0 aromatic heterocycles. The minimum Gasteiger partial charge on any atom is -0.395 e. The molecule has 0 amide bonds. The zero-order chi connectivity index (χ0) is 15.2. The Kier molecular flexibility index (Phi) is 6.52. The zero-order valence-corrected chi connectivity index (χ0v) is 14.7. The molecule has 1 aromatic rings. The van der Waals surface area contributed by atoms with Crippen LogP contribution in [0.4, 0.5) is 5.69 Å². The van der Waals surface area contributed by atoms with Crippen LogP contribution in [-0.2, 0) is 6.54 Å². The van der Waals surface area contributed by atoms with Crippen LogP contribution in [0.5, 0.6) is 0 Å². The SMILES string of the molecule is CC(C)NCc1ccc(Br)cc1N(CCO)C1CCCC1. The number of hydrogen-bond donors (Lipinski definition) is 2. The van der Waals surface area contributed by atoms with E-state index in [1.165, 1.54) is 36.9 Å². The number of nitrogens with zero attached hydrogens (tertiary/aromatic N) is 1. The predicted octanol–water partition coefficient (Wildman–Crippen LogP) is 3.69. The lowest BCUT2D eigenvalue weighted by Crippen LogP contribution is -2.37. The van der Waals surface area contributed by atoms with Crippen molar-refractivity contribution in [3.05, 3.63) is 28.2 Å². The van der Waals surface area contributed by atoms with E-state index in [1.807, 2.05) is 0 Å². The Bertz CT molecular complexity index is 444. The van der Waals surface area contributed by atoms with Gasteiger partial charge in [-0.25, -0.2) is 0 Å². The van der Waals surface area contributed by atoms with E-state index in [1.54, 1.807) is 0 Å². The van der Waals surface area contributed by atoms with Crippen LogP contribution in [0.15, 0.2) is 22.7 Å². The molecule has 2 N–H and O–H groups in total. The Balaban J connectivity index is 2.25. The molecule has 1 aliphatic rings. The van der Waals surface area contributed by atoms with E-state index in [0.29, 0.717) is 12.1 Å². The van der Waals surface area contributed by atoms with Gasteiger partial charge in [-0.3, -0.25) is 0 Å². The third kappa shape index (κ3) is 4.70. The fraction of sp³-hybridized carbons (Fsp3) is 0.647. The number of halogens is 1. The summed E-state index contributed by atoms with van der Waals surface area (Å²) in [7, 11) is 0. The van der Waals surface area contributed by atoms with Crippen molar-refractivity contribution in [1.82, 2.24) is 5.32 Å². The molecular weight excluding hydrogens is 328 g/mol. The van der Waals surface area contributed by atoms with E-state index in [2.05, 4.69) is 58.2 Å². The van der Waals surface area contributed by atoms with Crippen LogP contribution in [0.3, 0.4) is 0 Å². The maximum atomic E-state index is 9.47. The summed E-state index contributed by atoms with van der Waals surface area (Å²) in [6, 6.07) is 7.54. The number of hydrogen-bond acceptors (Lipinski definition) is 3. The van der Waals surface area contributed by atoms with Gasteiger partial charge >= 0.3 is 0 Å². The Morgan fingerprint density at radius 1 is 1.33 bits per heavy atom. The first-order valence-corrected chi connectivity index (χ1v) is 8.80. The topological polar surface area (TPSA) is 35.5 Å². The number of aliphatic hydroxyl groups is 1. The molecule has 1 aliphatic carbocycles. The van der Waals surface area contributed by atoms with Crippen molar-refractivity contribution in [2.75, 3.05) is 18.1 Å². The monoisotopic (exact) mass is 354 g/mol. The molecule has 1 saturated carbocycles. The summed E-state index contributed by atoms with van der Waals surface area (Å²) < 4.78 is 1.10. The van der Waals surface area contributed by atoms with Crippen molar-refractivity contribution in [1.29, 1.82) is 0 Å². The zero-order valence-electron chi connectivity index (χ0n) is 13.1. The summed E-state index contributed by atoms with van der Waals surface area (Å²) in [5.74, 6) is 0. The Morgan fingerprint density at radius 3 is 2.67 bits per heavy atom. The lowest BCUT2D eigenvalue weighted by Gasteiger charge is -2.33. The normalized spacial score (nSPS) is 15.9. The van der Waals surface area contributed by atoms with Gasteiger partial charge in [0.2, 0.25) is 0 Å². The van der Waals surface area contributed by atoms with Crippen molar-refractivity contribution < 1.29 is 5.11 Å². The van der Waals surface area contributed by atoms with Crippen LogP contribution in [0.1, 0.15) is 45.1 Å². The van der Waals surface area contributed by atoms with Gasteiger partial charge in [0.05, 0.1) is 6.61 Å². The predicted molar refractivity (Wildman–Crippen MR) is 92.8 cm³/mol. The third-order valence-corrected chi connectivity index (χ3v) is 4.66. The molecule has 0 heterocycles. The molecule has 21 heavy (non-hydrogen) atoms. The van der Waals surface area contributed by atoms with Crippen molar-refractivity contribution in [2.45, 2.75) is 58.2 Å². The standard InChI is InChI=1S/C17H27BrN2O/c1-13(2)19-12-14-7-8-15(18)11-17(14)20(9-10-21)16-5-3-4-6-16/h7-8,11,13,16,19,21H,3-6,9-10,12H2,1-2H3. The fourth-order valence-electron chi connectivity index (χ4n) is 3.09. The van der Waals surface area contributed by atoms with Crippen LogP contribution in [0.25, 0.3) is 0 Å². The molecule has 0 bridgehead atoms. The highest BCUT2D eigenvalue weighted by Crippen LogP contribution is 2.32. The highest BCUT2D eigenvalue weighted by molar-refractivity contribution is 9.10. The minimum atomic E-state index is 0.208. The van der Waals surface area contributed by atoms with Gasteiger partial charge < -0.3 is 15.3 Å². The Hall–Kier alpha value is -0.580. The molecule has 0 aliphatic heterocycles. The summed E-state index contributed by atoms with van der Waals surface area (Å²) in [5.41, 5.74) is 2.57. The van der Waals surface area contributed by atoms with Gasteiger partial charge in [0.15, 0.2) is 0 Å². The average Bonchev–Trinajstić information content (AvgIpc) is 2.97. The van der Waals surface area contributed by atoms with Gasteiger partial charge in [-0.15, -0.1) is 0 Å². The number of anilines is 1. The molecule has 1 aromatic carbocycles. The highest BCUT2D eigenvalue weighted by atomic mass is 79.9. The van der Waals surface area contributed by atoms with E-state index in [4.69, 9.17) is 0 Å². The molecule has 0 radical (unpaired) electrons. The molecule has 0 unspecified atom stereocenters. The summed E-state index contributed by atoms with van der Waals surface area (Å²) in [6.45, 7) is 6.13. The number of aliphatic hydroxyl groups excluding tert-OH is 1. The smallest absolute Gasteiger partial charge is 0.0606 e. The fourth-order valence-corrected chi connectivity index (χ4v) is 3.44. The molecule has 118 valence electrons. The minimum absolute atomic E-state index is 0.208. The Morgan fingerprint density at radius 2 is 2.05 bits per heavy atom. The van der Waals surface area contributed by atoms with E-state index in [0.717, 1.165) is 17.6 Å². The molecule has 3 nitrogen and oxygen atoms in total. The molecule has 0 saturated heterocycles. The van der Waals surface area contributed by atoms with Gasteiger partial charge in [0.25, 0.3) is 0 Å². The third-order valence-electron chi connectivity index (χ3n) is 4.16. The van der Waals surface area contributed by atoms with Crippen LogP contribution >= 0.6 is 15.9 Å². The lowest BCUT2D eigenvalue weighted by atomic mass is 10.1. The second-order valence-corrected chi connectivity index (χ2v) is 7.08. The van der Waals surface area contributed by atoms with Crippen molar-refractivity contribution in [2.24, 2.45) is 0 Å². The van der Waals surface area contributed by atoms with Crippen molar-refractivity contribution in [3.63, 3.8) is 0 Å². The summed E-state index contributed by atoms with van der Waals surface area (Å²) in [4.78, 5) is 2.41. The van der Waals surface area contributed by atoms with Crippen molar-refractivity contribution in [3.8, 4) is 0 Å². The maximum Gasteiger partial charge on any atom is 0.0606 e. The molecule has 4 heteroatoms. The summed E-state index contributed by atoms with van der Waals surface area (Å²) in [6.07, 6.45) is 5.09. The van der Waals surface area contributed by atoms with Gasteiger partial charge in [-0.05, 0) is 30.5 Å². The van der Waals surface area contributed by atoms with Crippen LogP contribution in [0, 0.1) is 0 Å². The second-order valence-electron chi connectivity index (χ2n) is 6.16. The average molecular weight is 355 g/mol. The number of benzene rings is 1. The molecule has 0 atom stereocenters. The van der Waals surface area contributed by atoms with Crippen LogP contribution in [-0.4, -0.2) is 30.3 Å². The van der Waals surface area contributed by atoms with Gasteiger partial charge in [0, 0.05) is 35.3 Å². The first-order valence-electron chi connectivity index (χ1n) is 8.01. The van der Waals surface area contributed by atoms with Crippen LogP contribution < -0.4 is 10.2 Å². The van der Waals surface area contributed by atoms with E-state index < -0.39 is 0 Å². The van der Waals surface area contributed by atoms with E-state index in [-0.39, 0.29) is 6.61 Å². The largest absolute Gasteiger partial charge is 0.395 e.